The Labute approximate surface area is 202 Å². The van der Waals surface area contributed by atoms with E-state index in [1.165, 1.54) is 25.6 Å². The number of hydrogen-bond donors (Lipinski definition) is 2. The van der Waals surface area contributed by atoms with Crippen LogP contribution in [0.5, 0.6) is 11.5 Å². The molecule has 1 saturated heterocycles. The van der Waals surface area contributed by atoms with Crippen LogP contribution in [-0.2, 0) is 0 Å². The van der Waals surface area contributed by atoms with E-state index in [9.17, 15) is 5.11 Å². The topological polar surface area (TPSA) is 92.9 Å². The van der Waals surface area contributed by atoms with Crippen LogP contribution >= 0.6 is 11.6 Å². The van der Waals surface area contributed by atoms with Crippen LogP contribution in [0.25, 0.3) is 21.9 Å². The minimum absolute atomic E-state index is 0.171. The van der Waals surface area contributed by atoms with E-state index in [2.05, 4.69) is 20.2 Å². The second-order valence-electron chi connectivity index (χ2n) is 8.45. The molecule has 0 unspecified atom stereocenters. The Morgan fingerprint density at radius 1 is 1.15 bits per heavy atom. The van der Waals surface area contributed by atoms with E-state index < -0.39 is 6.10 Å². The number of furan rings is 1. The fourth-order valence-electron chi connectivity index (χ4n) is 4.36. The molecule has 0 bridgehead atoms. The van der Waals surface area contributed by atoms with Gasteiger partial charge in [0.05, 0.1) is 23.9 Å². The lowest BCUT2D eigenvalue weighted by atomic mass is 10.1. The summed E-state index contributed by atoms with van der Waals surface area (Å²) in [6.07, 6.45) is 6.14. The molecule has 1 aliphatic rings. The molecule has 0 radical (unpaired) electrons. The number of benzene rings is 2. The second-order valence-corrected chi connectivity index (χ2v) is 8.86. The van der Waals surface area contributed by atoms with Crippen molar-refractivity contribution in [2.45, 2.75) is 25.4 Å². The number of nitrogens with one attached hydrogen (secondary N) is 1. The summed E-state index contributed by atoms with van der Waals surface area (Å²) in [6, 6.07) is 9.20. The van der Waals surface area contributed by atoms with Gasteiger partial charge in [0.1, 0.15) is 30.5 Å². The van der Waals surface area contributed by atoms with Crippen LogP contribution in [0.15, 0.2) is 47.3 Å². The predicted molar refractivity (Wildman–Crippen MR) is 132 cm³/mol. The second kappa shape index (κ2) is 10.0. The summed E-state index contributed by atoms with van der Waals surface area (Å²) in [5, 5.41) is 16.0. The molecule has 0 saturated carbocycles. The number of halogens is 1. The molecule has 3 heterocycles. The molecule has 1 atom stereocenters. The monoisotopic (exact) mass is 482 g/mol. The molecule has 2 N–H and O–H groups in total. The van der Waals surface area contributed by atoms with Crippen molar-refractivity contribution in [2.24, 2.45) is 0 Å². The summed E-state index contributed by atoms with van der Waals surface area (Å²) >= 11 is 6.45. The highest BCUT2D eigenvalue weighted by molar-refractivity contribution is 6.35. The molecule has 4 aromatic rings. The van der Waals surface area contributed by atoms with Gasteiger partial charge in [-0.3, -0.25) is 0 Å². The number of rotatable bonds is 8. The number of hydrogen-bond acceptors (Lipinski definition) is 8. The van der Waals surface area contributed by atoms with E-state index in [0.717, 1.165) is 23.9 Å². The predicted octanol–water partition coefficient (Wildman–Crippen LogP) is 5.01. The van der Waals surface area contributed by atoms with Gasteiger partial charge < -0.3 is 29.2 Å². The van der Waals surface area contributed by atoms with Crippen LogP contribution in [0.4, 0.5) is 11.5 Å². The van der Waals surface area contributed by atoms with Crippen LogP contribution in [0.2, 0.25) is 5.02 Å². The highest BCUT2D eigenvalue weighted by Crippen LogP contribution is 2.38. The number of β-amino-alcohol motifs (C(OH)–C–C–N with tert-alkyl or cyclic N) is 1. The third kappa shape index (κ3) is 4.75. The molecule has 9 heteroatoms. The number of methoxy groups -OCH3 is 1. The zero-order valence-corrected chi connectivity index (χ0v) is 19.7. The summed E-state index contributed by atoms with van der Waals surface area (Å²) in [7, 11) is 1.58. The maximum atomic E-state index is 10.5. The number of likely N-dealkylation sites (tertiary alicyclic amines) is 1. The summed E-state index contributed by atoms with van der Waals surface area (Å²) in [5.41, 5.74) is 1.94. The van der Waals surface area contributed by atoms with Crippen LogP contribution in [0.1, 0.15) is 19.3 Å². The number of ether oxygens (including phenoxy) is 2. The molecule has 8 nitrogen and oxygen atoms in total. The van der Waals surface area contributed by atoms with Gasteiger partial charge in [0.25, 0.3) is 0 Å². The minimum atomic E-state index is -0.586. The maximum Gasteiger partial charge on any atom is 0.163 e. The molecule has 178 valence electrons. The number of aromatic nitrogens is 2. The third-order valence-corrected chi connectivity index (χ3v) is 6.40. The smallest absolute Gasteiger partial charge is 0.163 e. The minimum Gasteiger partial charge on any atom is -0.493 e. The average molecular weight is 483 g/mol. The molecule has 5 rings (SSSR count). The average Bonchev–Trinajstić information content (AvgIpc) is 3.34. The Hall–Kier alpha value is -3.07. The zero-order chi connectivity index (χ0) is 23.5. The maximum absolute atomic E-state index is 10.5. The summed E-state index contributed by atoms with van der Waals surface area (Å²) in [4.78, 5) is 11.1. The van der Waals surface area contributed by atoms with E-state index in [-0.39, 0.29) is 6.61 Å². The van der Waals surface area contributed by atoms with Crippen LogP contribution in [0.3, 0.4) is 0 Å². The number of anilines is 2. The normalized spacial score (nSPS) is 15.5. The molecule has 0 aliphatic carbocycles. The lowest BCUT2D eigenvalue weighted by Crippen LogP contribution is -2.38. The number of nitrogens with zero attached hydrogens (tertiary/aromatic N) is 3. The van der Waals surface area contributed by atoms with Gasteiger partial charge in [-0.15, -0.1) is 0 Å². The van der Waals surface area contributed by atoms with Gasteiger partial charge >= 0.3 is 0 Å². The van der Waals surface area contributed by atoms with Gasteiger partial charge in [-0.05, 0) is 50.2 Å². The van der Waals surface area contributed by atoms with Crippen LogP contribution in [-0.4, -0.2) is 59.4 Å². The first-order chi connectivity index (χ1) is 16.6. The van der Waals surface area contributed by atoms with Crippen molar-refractivity contribution in [3.63, 3.8) is 0 Å². The zero-order valence-electron chi connectivity index (χ0n) is 19.0. The first-order valence-electron chi connectivity index (χ1n) is 11.4. The Kier molecular flexibility index (Phi) is 6.71. The van der Waals surface area contributed by atoms with E-state index in [4.69, 9.17) is 25.5 Å². The Morgan fingerprint density at radius 3 is 2.82 bits per heavy atom. The first-order valence-corrected chi connectivity index (χ1v) is 11.8. The summed E-state index contributed by atoms with van der Waals surface area (Å²) in [5.74, 6) is 1.60. The van der Waals surface area contributed by atoms with Crippen molar-refractivity contribution in [3.05, 3.63) is 47.9 Å². The van der Waals surface area contributed by atoms with Gasteiger partial charge in [0, 0.05) is 23.4 Å². The molecule has 0 spiro atoms. The van der Waals surface area contributed by atoms with Crippen molar-refractivity contribution in [1.29, 1.82) is 0 Å². The standard InChI is InChI=1S/C25H27ClN4O4/c1-32-21-11-18-20(12-22(21)34-14-17(31)13-30-8-3-2-4-9-30)27-15-28-25(18)29-23-19(26)6-5-16-7-10-33-24(16)23/h5-7,10-12,15,17,31H,2-4,8-9,13-14H2,1H3,(H,27,28,29)/t17-/m1/s1. The fraction of sp³-hybridized carbons (Fsp3) is 0.360. The lowest BCUT2D eigenvalue weighted by molar-refractivity contribution is 0.0609. The van der Waals surface area contributed by atoms with Gasteiger partial charge in [-0.1, -0.05) is 18.0 Å². The Morgan fingerprint density at radius 2 is 2.00 bits per heavy atom. The highest BCUT2D eigenvalue weighted by atomic mass is 35.5. The van der Waals surface area contributed by atoms with Crippen molar-refractivity contribution < 1.29 is 19.0 Å². The molecule has 0 amide bonds. The van der Waals surface area contributed by atoms with E-state index in [1.54, 1.807) is 19.4 Å². The van der Waals surface area contributed by atoms with Crippen molar-refractivity contribution in [1.82, 2.24) is 14.9 Å². The van der Waals surface area contributed by atoms with E-state index in [1.807, 2.05) is 24.3 Å². The number of piperidine rings is 1. The Balaban J connectivity index is 1.38. The molecule has 2 aromatic heterocycles. The lowest BCUT2D eigenvalue weighted by Gasteiger charge is -2.28. The van der Waals surface area contributed by atoms with Gasteiger partial charge in [-0.2, -0.15) is 0 Å². The largest absolute Gasteiger partial charge is 0.493 e. The summed E-state index contributed by atoms with van der Waals surface area (Å²) < 4.78 is 17.1. The van der Waals surface area contributed by atoms with E-state index >= 15 is 0 Å². The van der Waals surface area contributed by atoms with Crippen molar-refractivity contribution in [3.8, 4) is 11.5 Å². The Bertz CT molecular complexity index is 1290. The molecule has 1 aliphatic heterocycles. The SMILES string of the molecule is COc1cc2c(Nc3c(Cl)ccc4ccoc34)ncnc2cc1OC[C@H](O)CN1CCCCC1. The van der Waals surface area contributed by atoms with Crippen LogP contribution in [0, 0.1) is 0 Å². The van der Waals surface area contributed by atoms with Crippen molar-refractivity contribution in [2.75, 3.05) is 38.7 Å². The number of aliphatic hydroxyl groups excluding tert-OH is 1. The van der Waals surface area contributed by atoms with Gasteiger partial charge in [-0.25, -0.2) is 9.97 Å². The molecule has 34 heavy (non-hydrogen) atoms. The molecular formula is C25H27ClN4O4. The first kappa shape index (κ1) is 22.7. The third-order valence-electron chi connectivity index (χ3n) is 6.08. The van der Waals surface area contributed by atoms with Gasteiger partial charge in [0.2, 0.25) is 0 Å². The number of fused-ring (bicyclic) bond motifs is 2. The molecule has 1 fully saturated rings. The summed E-state index contributed by atoms with van der Waals surface area (Å²) in [6.45, 7) is 2.83. The molecule has 2 aromatic carbocycles. The van der Waals surface area contributed by atoms with Crippen molar-refractivity contribution >= 4 is 45.0 Å². The highest BCUT2D eigenvalue weighted by Gasteiger charge is 2.18. The number of aliphatic hydroxyl groups is 1. The van der Waals surface area contributed by atoms with Gasteiger partial charge in [0.15, 0.2) is 17.1 Å². The molecular weight excluding hydrogens is 456 g/mol. The van der Waals surface area contributed by atoms with E-state index in [0.29, 0.717) is 45.7 Å². The fourth-order valence-corrected chi connectivity index (χ4v) is 4.55. The quantitative estimate of drug-likeness (QED) is 0.362. The van der Waals surface area contributed by atoms with Crippen LogP contribution < -0.4 is 14.8 Å².